The average molecular weight is 487 g/mol. The van der Waals surface area contributed by atoms with Crippen LogP contribution in [0.25, 0.3) is 11.3 Å². The molecule has 0 spiro atoms. The Balaban J connectivity index is 1.42. The van der Waals surface area contributed by atoms with Gasteiger partial charge in [-0.15, -0.1) is 0 Å². The number of piperazine rings is 1. The van der Waals surface area contributed by atoms with E-state index in [0.29, 0.717) is 75.6 Å². The van der Waals surface area contributed by atoms with Crippen molar-refractivity contribution in [1.29, 1.82) is 0 Å². The first-order chi connectivity index (χ1) is 16.9. The van der Waals surface area contributed by atoms with Crippen LogP contribution in [0.3, 0.4) is 0 Å². The van der Waals surface area contributed by atoms with E-state index in [2.05, 4.69) is 19.8 Å². The number of nitrogens with zero attached hydrogens (tertiary/aromatic N) is 7. The van der Waals surface area contributed by atoms with Gasteiger partial charge in [0.15, 0.2) is 0 Å². The van der Waals surface area contributed by atoms with E-state index in [9.17, 15) is 13.2 Å². The zero-order chi connectivity index (χ0) is 24.4. The highest BCUT2D eigenvalue weighted by Gasteiger charge is 2.36. The minimum absolute atomic E-state index is 0.0390. The smallest absolute Gasteiger partial charge is 0.397 e. The van der Waals surface area contributed by atoms with Crippen LogP contribution in [0.2, 0.25) is 0 Å². The van der Waals surface area contributed by atoms with E-state index in [1.54, 1.807) is 23.4 Å². The third-order valence-electron chi connectivity index (χ3n) is 6.05. The van der Waals surface area contributed by atoms with Crippen LogP contribution in [0.4, 0.5) is 36.4 Å². The van der Waals surface area contributed by atoms with Crippen LogP contribution < -0.4 is 20.4 Å². The van der Waals surface area contributed by atoms with Gasteiger partial charge in [-0.05, 0) is 18.2 Å². The minimum Gasteiger partial charge on any atom is -0.397 e. The number of alkyl halides is 3. The van der Waals surface area contributed by atoms with Crippen LogP contribution >= 0.6 is 0 Å². The lowest BCUT2D eigenvalue weighted by Gasteiger charge is -2.37. The van der Waals surface area contributed by atoms with Gasteiger partial charge < -0.3 is 25.2 Å². The Labute approximate surface area is 200 Å². The number of anilines is 4. The number of rotatable bonds is 4. The first-order valence-electron chi connectivity index (χ1n) is 11.3. The lowest BCUT2D eigenvalue weighted by Crippen LogP contribution is -2.48. The van der Waals surface area contributed by atoms with E-state index in [0.717, 1.165) is 11.6 Å². The van der Waals surface area contributed by atoms with Gasteiger partial charge in [0.25, 0.3) is 0 Å². The quantitative estimate of drug-likeness (QED) is 0.597. The third-order valence-corrected chi connectivity index (χ3v) is 6.05. The zero-order valence-electron chi connectivity index (χ0n) is 18.9. The van der Waals surface area contributed by atoms with Gasteiger partial charge in [0.05, 0.1) is 30.2 Å². The molecular formula is C23H25F3N8O. The van der Waals surface area contributed by atoms with Crippen molar-refractivity contribution in [1.82, 2.24) is 19.9 Å². The van der Waals surface area contributed by atoms with E-state index >= 15 is 0 Å². The second-order valence-electron chi connectivity index (χ2n) is 8.36. The molecule has 9 nitrogen and oxygen atoms in total. The summed E-state index contributed by atoms with van der Waals surface area (Å²) in [6.07, 6.45) is 0.201. The lowest BCUT2D eigenvalue weighted by molar-refractivity contribution is -0.137. The van der Waals surface area contributed by atoms with Crippen LogP contribution in [-0.4, -0.2) is 72.4 Å². The van der Waals surface area contributed by atoms with Crippen LogP contribution in [-0.2, 0) is 10.9 Å². The molecule has 0 saturated carbocycles. The van der Waals surface area contributed by atoms with Crippen molar-refractivity contribution in [3.63, 3.8) is 0 Å². The Morgan fingerprint density at radius 2 is 1.63 bits per heavy atom. The van der Waals surface area contributed by atoms with Gasteiger partial charge in [0.2, 0.25) is 5.95 Å². The molecule has 3 aromatic rings. The molecule has 0 radical (unpaired) electrons. The number of nitrogens with two attached hydrogens (primary N) is 1. The predicted molar refractivity (Wildman–Crippen MR) is 126 cm³/mol. The Bertz CT molecular complexity index is 1180. The van der Waals surface area contributed by atoms with Crippen molar-refractivity contribution >= 4 is 23.3 Å². The zero-order valence-corrected chi connectivity index (χ0v) is 18.9. The summed E-state index contributed by atoms with van der Waals surface area (Å²) in [6, 6.07) is 6.06. The van der Waals surface area contributed by atoms with Crippen LogP contribution in [0.5, 0.6) is 0 Å². The fourth-order valence-corrected chi connectivity index (χ4v) is 4.25. The molecule has 3 aromatic heterocycles. The SMILES string of the molecule is Nc1cncc(-c2cc(N3CCN(c4ncccc4C(F)(F)F)CC3)nc(N3CCOCC3)n2)c1. The molecule has 0 bridgehead atoms. The number of hydrogen-bond donors (Lipinski definition) is 1. The first kappa shape index (κ1) is 23.1. The molecule has 2 saturated heterocycles. The van der Waals surface area contributed by atoms with Gasteiger partial charge in [0.1, 0.15) is 11.6 Å². The minimum atomic E-state index is -4.46. The van der Waals surface area contributed by atoms with Crippen molar-refractivity contribution in [2.45, 2.75) is 6.18 Å². The molecule has 2 fully saturated rings. The second-order valence-corrected chi connectivity index (χ2v) is 8.36. The highest BCUT2D eigenvalue weighted by Crippen LogP contribution is 2.36. The molecule has 0 aliphatic carbocycles. The summed E-state index contributed by atoms with van der Waals surface area (Å²) in [6.45, 7) is 4.26. The maximum atomic E-state index is 13.5. The predicted octanol–water partition coefficient (Wildman–Crippen LogP) is 2.70. The molecule has 35 heavy (non-hydrogen) atoms. The topological polar surface area (TPSA) is 96.5 Å². The van der Waals surface area contributed by atoms with E-state index in [4.69, 9.17) is 20.4 Å². The van der Waals surface area contributed by atoms with E-state index in [1.165, 1.54) is 12.3 Å². The molecule has 0 unspecified atom stereocenters. The normalized spacial score (nSPS) is 17.1. The van der Waals surface area contributed by atoms with Gasteiger partial charge >= 0.3 is 6.18 Å². The largest absolute Gasteiger partial charge is 0.419 e. The summed E-state index contributed by atoms with van der Waals surface area (Å²) in [4.78, 5) is 23.6. The molecule has 5 heterocycles. The van der Waals surface area contributed by atoms with Gasteiger partial charge in [-0.1, -0.05) is 0 Å². The number of aromatic nitrogens is 4. The lowest BCUT2D eigenvalue weighted by atomic mass is 10.1. The summed E-state index contributed by atoms with van der Waals surface area (Å²) in [5.74, 6) is 1.24. The second kappa shape index (κ2) is 9.53. The first-order valence-corrected chi connectivity index (χ1v) is 11.3. The van der Waals surface area contributed by atoms with Gasteiger partial charge in [-0.3, -0.25) is 4.98 Å². The summed E-state index contributed by atoms with van der Waals surface area (Å²) < 4.78 is 45.9. The third kappa shape index (κ3) is 5.06. The van der Waals surface area contributed by atoms with Crippen molar-refractivity contribution in [3.05, 3.63) is 48.4 Å². The summed E-state index contributed by atoms with van der Waals surface area (Å²) in [7, 11) is 0. The Morgan fingerprint density at radius 1 is 0.886 bits per heavy atom. The average Bonchev–Trinajstić information content (AvgIpc) is 2.88. The number of nitrogen functional groups attached to an aromatic ring is 1. The van der Waals surface area contributed by atoms with Gasteiger partial charge in [-0.25, -0.2) is 9.97 Å². The molecule has 5 rings (SSSR count). The highest BCUT2D eigenvalue weighted by atomic mass is 19.4. The summed E-state index contributed by atoms with van der Waals surface area (Å²) >= 11 is 0. The maximum absolute atomic E-state index is 13.5. The highest BCUT2D eigenvalue weighted by molar-refractivity contribution is 5.67. The van der Waals surface area contributed by atoms with Crippen LogP contribution in [0.15, 0.2) is 42.9 Å². The number of halogens is 3. The molecular weight excluding hydrogens is 461 g/mol. The monoisotopic (exact) mass is 486 g/mol. The van der Waals surface area contributed by atoms with Crippen LogP contribution in [0, 0.1) is 0 Å². The fraction of sp³-hybridized carbons (Fsp3) is 0.391. The molecule has 2 N–H and O–H groups in total. The Morgan fingerprint density at radius 3 is 2.34 bits per heavy atom. The molecule has 12 heteroatoms. The molecule has 0 atom stereocenters. The summed E-state index contributed by atoms with van der Waals surface area (Å²) in [5.41, 5.74) is 7.19. The fourth-order valence-electron chi connectivity index (χ4n) is 4.25. The standard InChI is InChI=1S/C23H25F3N8O/c24-23(25,26)18-2-1-3-29-21(18)33-6-4-32(5-7-33)20-13-19(16-12-17(27)15-28-14-16)30-22(31-20)34-8-10-35-11-9-34/h1-3,12-15H,4-11,27H2. The Kier molecular flexibility index (Phi) is 6.29. The maximum Gasteiger partial charge on any atom is 0.419 e. The molecule has 184 valence electrons. The molecule has 0 amide bonds. The van der Waals surface area contributed by atoms with Crippen molar-refractivity contribution in [2.24, 2.45) is 0 Å². The van der Waals surface area contributed by atoms with Crippen molar-refractivity contribution < 1.29 is 17.9 Å². The number of pyridine rings is 2. The Hall–Kier alpha value is -3.67. The molecule has 2 aliphatic heterocycles. The number of morpholine rings is 1. The van der Waals surface area contributed by atoms with Crippen molar-refractivity contribution in [2.75, 3.05) is 72.9 Å². The van der Waals surface area contributed by atoms with Crippen molar-refractivity contribution in [3.8, 4) is 11.3 Å². The van der Waals surface area contributed by atoms with E-state index in [1.807, 2.05) is 6.07 Å². The summed E-state index contributed by atoms with van der Waals surface area (Å²) in [5, 5.41) is 0. The van der Waals surface area contributed by atoms with Crippen LogP contribution in [0.1, 0.15) is 5.56 Å². The van der Waals surface area contributed by atoms with E-state index < -0.39 is 11.7 Å². The number of hydrogen-bond acceptors (Lipinski definition) is 9. The van der Waals surface area contributed by atoms with Gasteiger partial charge in [-0.2, -0.15) is 18.2 Å². The number of ether oxygens (including phenoxy) is 1. The molecule has 2 aliphatic rings. The van der Waals surface area contributed by atoms with Gasteiger partial charge in [0, 0.05) is 69.5 Å². The molecule has 0 aromatic carbocycles. The van der Waals surface area contributed by atoms with E-state index in [-0.39, 0.29) is 5.82 Å².